The smallest absolute Gasteiger partial charge is 0.150 e. The molecule has 0 amide bonds. The zero-order valence-electron chi connectivity index (χ0n) is 14.1. The molecule has 3 heterocycles. The van der Waals surface area contributed by atoms with E-state index in [1.807, 2.05) is 0 Å². The van der Waals surface area contributed by atoms with E-state index in [1.165, 1.54) is 6.33 Å². The zero-order chi connectivity index (χ0) is 19.0. The van der Waals surface area contributed by atoms with E-state index in [-0.39, 0.29) is 35.7 Å². The van der Waals surface area contributed by atoms with Gasteiger partial charge in [0.2, 0.25) is 0 Å². The molecule has 2 aromatic rings. The molecule has 1 aliphatic rings. The molecule has 9 N–H and O–H groups in total. The topological polar surface area (TPSA) is 174 Å². The summed E-state index contributed by atoms with van der Waals surface area (Å²) in [5, 5.41) is 18.0. The minimum absolute atomic E-state index is 0.162. The molecule has 0 saturated carbocycles. The van der Waals surface area contributed by atoms with Gasteiger partial charge in [0.1, 0.15) is 35.7 Å². The second-order valence-corrected chi connectivity index (χ2v) is 5.98. The molecule has 0 radical (unpaired) electrons. The Labute approximate surface area is 149 Å². The minimum Gasteiger partial charge on any atom is -0.394 e. The number of anilines is 2. The summed E-state index contributed by atoms with van der Waals surface area (Å²) in [4.78, 5) is 8.27. The maximum atomic E-state index is 9.67. The Hall–Kier alpha value is -2.95. The van der Waals surface area contributed by atoms with Gasteiger partial charge in [0.25, 0.3) is 0 Å². The molecule has 0 bridgehead atoms. The Morgan fingerprint density at radius 3 is 2.62 bits per heavy atom. The fraction of sp³-hybridized carbons (Fsp3) is 0.312. The first-order valence-corrected chi connectivity index (χ1v) is 7.96. The molecule has 0 spiro atoms. The molecule has 0 unspecified atom stereocenters. The van der Waals surface area contributed by atoms with E-state index in [4.69, 9.17) is 27.5 Å². The van der Waals surface area contributed by atoms with Gasteiger partial charge in [-0.15, -0.1) is 13.2 Å². The summed E-state index contributed by atoms with van der Waals surface area (Å²) in [5.41, 5.74) is 15.0. The number of hydrogen-bond acceptors (Lipinski definition) is 8. The van der Waals surface area contributed by atoms with Crippen molar-refractivity contribution < 1.29 is 9.84 Å². The van der Waals surface area contributed by atoms with Crippen molar-refractivity contribution in [2.24, 2.45) is 23.4 Å². The maximum Gasteiger partial charge on any atom is 0.150 e. The van der Waals surface area contributed by atoms with E-state index in [9.17, 15) is 5.11 Å². The SMILES string of the molecule is C=C[C@@H]1[C@H](C=C)[C@@H](CO)O[C@H]1n1c(NN)c(C(=N)N)c2c(N)ncnc21. The Morgan fingerprint density at radius 1 is 1.38 bits per heavy atom. The molecule has 1 aliphatic heterocycles. The highest BCUT2D eigenvalue weighted by Crippen LogP contribution is 2.45. The van der Waals surface area contributed by atoms with Crippen LogP contribution in [0.4, 0.5) is 11.6 Å². The van der Waals surface area contributed by atoms with Crippen LogP contribution in [0.15, 0.2) is 31.6 Å². The second kappa shape index (κ2) is 6.75. The summed E-state index contributed by atoms with van der Waals surface area (Å²) >= 11 is 0. The molecular formula is C16H22N8O2. The van der Waals surface area contributed by atoms with Crippen molar-refractivity contribution in [2.45, 2.75) is 12.3 Å². The van der Waals surface area contributed by atoms with Gasteiger partial charge in [-0.3, -0.25) is 9.98 Å². The number of aromatic nitrogens is 3. The summed E-state index contributed by atoms with van der Waals surface area (Å²) in [7, 11) is 0. The summed E-state index contributed by atoms with van der Waals surface area (Å²) < 4.78 is 7.72. The van der Waals surface area contributed by atoms with Crippen molar-refractivity contribution in [1.82, 2.24) is 14.5 Å². The average molecular weight is 358 g/mol. The fourth-order valence-electron chi connectivity index (χ4n) is 3.59. The van der Waals surface area contributed by atoms with Gasteiger partial charge in [-0.2, -0.15) is 0 Å². The number of hydrogen-bond donors (Lipinski definition) is 6. The van der Waals surface area contributed by atoms with E-state index in [1.54, 1.807) is 16.7 Å². The van der Waals surface area contributed by atoms with Gasteiger partial charge >= 0.3 is 0 Å². The van der Waals surface area contributed by atoms with Gasteiger partial charge in [-0.1, -0.05) is 12.2 Å². The minimum atomic E-state index is -0.608. The number of nitrogens with zero attached hydrogens (tertiary/aromatic N) is 3. The molecular weight excluding hydrogens is 336 g/mol. The molecule has 3 rings (SSSR count). The number of aliphatic hydroxyl groups is 1. The van der Waals surface area contributed by atoms with E-state index in [0.29, 0.717) is 16.9 Å². The first-order chi connectivity index (χ1) is 12.5. The van der Waals surface area contributed by atoms with Crippen molar-refractivity contribution in [3.05, 3.63) is 37.2 Å². The quantitative estimate of drug-likeness (QED) is 0.138. The Kier molecular flexibility index (Phi) is 4.64. The predicted octanol–water partition coefficient (Wildman–Crippen LogP) is 0.0773. The van der Waals surface area contributed by atoms with Crippen LogP contribution in [0.5, 0.6) is 0 Å². The third-order valence-electron chi connectivity index (χ3n) is 4.71. The van der Waals surface area contributed by atoms with Gasteiger partial charge in [-0.05, 0) is 0 Å². The van der Waals surface area contributed by atoms with Crippen molar-refractivity contribution >= 4 is 28.5 Å². The molecule has 0 aliphatic carbocycles. The number of nitrogens with two attached hydrogens (primary N) is 3. The van der Waals surface area contributed by atoms with Crippen LogP contribution in [0.2, 0.25) is 0 Å². The highest BCUT2D eigenvalue weighted by atomic mass is 16.5. The monoisotopic (exact) mass is 358 g/mol. The third kappa shape index (κ3) is 2.43. The Bertz CT molecular complexity index is 877. The van der Waals surface area contributed by atoms with Gasteiger partial charge < -0.3 is 26.7 Å². The van der Waals surface area contributed by atoms with Crippen LogP contribution in [0.1, 0.15) is 11.8 Å². The number of ether oxygens (including phenoxy) is 1. The zero-order valence-corrected chi connectivity index (χ0v) is 14.1. The lowest BCUT2D eigenvalue weighted by Crippen LogP contribution is -2.23. The van der Waals surface area contributed by atoms with Crippen LogP contribution in [0, 0.1) is 17.2 Å². The molecule has 4 atom stereocenters. The highest BCUT2D eigenvalue weighted by molar-refractivity contribution is 6.14. The lowest BCUT2D eigenvalue weighted by atomic mass is 9.89. The molecule has 138 valence electrons. The van der Waals surface area contributed by atoms with Gasteiger partial charge in [0.05, 0.1) is 23.7 Å². The molecule has 10 heteroatoms. The maximum absolute atomic E-state index is 9.67. The number of amidine groups is 1. The van der Waals surface area contributed by atoms with Crippen LogP contribution in [0.25, 0.3) is 11.0 Å². The second-order valence-electron chi connectivity index (χ2n) is 5.98. The Morgan fingerprint density at radius 2 is 2.08 bits per heavy atom. The standard InChI is InChI=1S/C16H22N8O2/c1-3-7-8(4-2)16(26-9(7)5-25)24-14-11(13(19)21-6-22-14)10(12(17)18)15(24)23-20/h3-4,6-9,16,23,25H,1-2,5,20H2,(H3,17,18)(H2,19,21,22)/t7-,8+,9+,16+/m0/s1. The first kappa shape index (κ1) is 17.9. The van der Waals surface area contributed by atoms with Gasteiger partial charge in [-0.25, -0.2) is 15.8 Å². The van der Waals surface area contributed by atoms with E-state index in [0.717, 1.165) is 0 Å². The summed E-state index contributed by atoms with van der Waals surface area (Å²) in [6.45, 7) is 7.53. The van der Waals surface area contributed by atoms with E-state index >= 15 is 0 Å². The number of nitrogen functional groups attached to an aromatic ring is 3. The summed E-state index contributed by atoms with van der Waals surface area (Å²) in [6, 6.07) is 0. The Balaban J connectivity index is 2.31. The van der Waals surface area contributed by atoms with Crippen molar-refractivity contribution in [1.29, 1.82) is 5.41 Å². The van der Waals surface area contributed by atoms with Gasteiger partial charge in [0.15, 0.2) is 0 Å². The number of aliphatic hydroxyl groups excluding tert-OH is 1. The summed E-state index contributed by atoms with van der Waals surface area (Å²) in [6.07, 6.45) is 3.69. The lowest BCUT2D eigenvalue weighted by Gasteiger charge is -2.22. The van der Waals surface area contributed by atoms with E-state index in [2.05, 4.69) is 28.6 Å². The number of nitrogens with one attached hydrogen (secondary N) is 2. The van der Waals surface area contributed by atoms with Crippen molar-refractivity contribution in [3.8, 4) is 0 Å². The largest absolute Gasteiger partial charge is 0.394 e. The number of hydrazine groups is 1. The average Bonchev–Trinajstić information content (AvgIpc) is 3.16. The molecule has 0 aromatic carbocycles. The lowest BCUT2D eigenvalue weighted by molar-refractivity contribution is -0.0294. The molecule has 26 heavy (non-hydrogen) atoms. The first-order valence-electron chi connectivity index (χ1n) is 7.96. The third-order valence-corrected chi connectivity index (χ3v) is 4.71. The van der Waals surface area contributed by atoms with Gasteiger partial charge in [0, 0.05) is 11.8 Å². The molecule has 1 fully saturated rings. The van der Waals surface area contributed by atoms with Crippen LogP contribution >= 0.6 is 0 Å². The number of fused-ring (bicyclic) bond motifs is 1. The van der Waals surface area contributed by atoms with Crippen LogP contribution in [0.3, 0.4) is 0 Å². The number of rotatable bonds is 6. The van der Waals surface area contributed by atoms with Crippen molar-refractivity contribution in [2.75, 3.05) is 17.8 Å². The van der Waals surface area contributed by atoms with Crippen molar-refractivity contribution in [3.63, 3.8) is 0 Å². The highest BCUT2D eigenvalue weighted by Gasteiger charge is 2.44. The summed E-state index contributed by atoms with van der Waals surface area (Å²) in [5.74, 6) is 5.59. The van der Waals surface area contributed by atoms with E-state index < -0.39 is 12.3 Å². The molecule has 10 nitrogen and oxygen atoms in total. The predicted molar refractivity (Wildman–Crippen MR) is 99.1 cm³/mol. The van der Waals surface area contributed by atoms with Crippen LogP contribution in [-0.2, 0) is 4.74 Å². The molecule has 1 saturated heterocycles. The van der Waals surface area contributed by atoms with Crippen LogP contribution < -0.4 is 22.7 Å². The van der Waals surface area contributed by atoms with Crippen LogP contribution in [-0.4, -0.2) is 38.2 Å². The normalized spacial score (nSPS) is 25.3. The molecule has 2 aromatic heterocycles. The fourth-order valence-corrected chi connectivity index (χ4v) is 3.59.